The molecule has 3 amide bonds. The SMILES string of the molecule is NC(=O)C(Cc1ccc(Cl)cc1)NC(=O)Nc1ccc([N+](=O)[O-])cc1. The fraction of sp³-hybridized carbons (Fsp3) is 0.125. The first-order valence-electron chi connectivity index (χ1n) is 7.21. The van der Waals surface area contributed by atoms with Gasteiger partial charge in [0.2, 0.25) is 5.91 Å². The molecule has 1 unspecified atom stereocenters. The summed E-state index contributed by atoms with van der Waals surface area (Å²) in [7, 11) is 0. The molecule has 0 heterocycles. The number of anilines is 1. The van der Waals surface area contributed by atoms with E-state index in [-0.39, 0.29) is 12.1 Å². The van der Waals surface area contributed by atoms with E-state index < -0.39 is 22.9 Å². The highest BCUT2D eigenvalue weighted by Gasteiger charge is 2.19. The highest BCUT2D eigenvalue weighted by molar-refractivity contribution is 6.30. The van der Waals surface area contributed by atoms with E-state index in [9.17, 15) is 19.7 Å². The third kappa shape index (κ3) is 5.47. The molecule has 0 spiro atoms. The number of primary amides is 1. The molecule has 130 valence electrons. The summed E-state index contributed by atoms with van der Waals surface area (Å²) in [5.74, 6) is -0.686. The lowest BCUT2D eigenvalue weighted by Crippen LogP contribution is -2.47. The van der Waals surface area contributed by atoms with Crippen LogP contribution in [0.4, 0.5) is 16.2 Å². The van der Waals surface area contributed by atoms with E-state index in [1.807, 2.05) is 0 Å². The minimum Gasteiger partial charge on any atom is -0.368 e. The second kappa shape index (κ2) is 8.11. The molecule has 0 aliphatic carbocycles. The van der Waals surface area contributed by atoms with Gasteiger partial charge in [0.05, 0.1) is 4.92 Å². The number of nitrogens with one attached hydrogen (secondary N) is 2. The van der Waals surface area contributed by atoms with Crippen molar-refractivity contribution in [3.8, 4) is 0 Å². The predicted octanol–water partition coefficient (Wildman–Crippen LogP) is 2.47. The summed E-state index contributed by atoms with van der Waals surface area (Å²) >= 11 is 5.80. The minimum atomic E-state index is -0.917. The zero-order valence-corrected chi connectivity index (χ0v) is 13.7. The lowest BCUT2D eigenvalue weighted by Gasteiger charge is -2.16. The first-order chi connectivity index (χ1) is 11.8. The van der Waals surface area contributed by atoms with Gasteiger partial charge in [0.1, 0.15) is 6.04 Å². The van der Waals surface area contributed by atoms with E-state index in [2.05, 4.69) is 10.6 Å². The van der Waals surface area contributed by atoms with Crippen molar-refractivity contribution in [3.05, 3.63) is 69.2 Å². The Kier molecular flexibility index (Phi) is 5.91. The lowest BCUT2D eigenvalue weighted by atomic mass is 10.1. The third-order valence-corrected chi connectivity index (χ3v) is 3.59. The minimum absolute atomic E-state index is 0.0938. The summed E-state index contributed by atoms with van der Waals surface area (Å²) in [5, 5.41) is 16.1. The van der Waals surface area contributed by atoms with E-state index in [4.69, 9.17) is 17.3 Å². The van der Waals surface area contributed by atoms with Crippen molar-refractivity contribution in [1.82, 2.24) is 5.32 Å². The average Bonchev–Trinajstić information content (AvgIpc) is 2.56. The van der Waals surface area contributed by atoms with Gasteiger partial charge in [-0.2, -0.15) is 0 Å². The summed E-state index contributed by atoms with van der Waals surface area (Å²) in [4.78, 5) is 33.6. The number of nitro groups is 1. The van der Waals surface area contributed by atoms with Gasteiger partial charge in [-0.1, -0.05) is 23.7 Å². The Labute approximate surface area is 148 Å². The zero-order chi connectivity index (χ0) is 18.4. The Morgan fingerprint density at radius 2 is 1.72 bits per heavy atom. The average molecular weight is 363 g/mol. The van der Waals surface area contributed by atoms with Gasteiger partial charge >= 0.3 is 6.03 Å². The van der Waals surface area contributed by atoms with Crippen LogP contribution in [0.2, 0.25) is 5.02 Å². The van der Waals surface area contributed by atoms with Crippen molar-refractivity contribution in [1.29, 1.82) is 0 Å². The molecule has 9 heteroatoms. The monoisotopic (exact) mass is 362 g/mol. The van der Waals surface area contributed by atoms with Crippen LogP contribution < -0.4 is 16.4 Å². The second-order valence-electron chi connectivity index (χ2n) is 5.19. The fourth-order valence-electron chi connectivity index (χ4n) is 2.07. The Bertz CT molecular complexity index is 778. The van der Waals surface area contributed by atoms with Crippen LogP contribution in [-0.4, -0.2) is 22.9 Å². The summed E-state index contributed by atoms with van der Waals surface area (Å²) in [6, 6.07) is 10.5. The number of carbonyl (C=O) groups excluding carboxylic acids is 2. The van der Waals surface area contributed by atoms with Gasteiger partial charge in [0.25, 0.3) is 5.69 Å². The van der Waals surface area contributed by atoms with Gasteiger partial charge in [0.15, 0.2) is 0 Å². The number of urea groups is 1. The van der Waals surface area contributed by atoms with Crippen LogP contribution in [0.25, 0.3) is 0 Å². The van der Waals surface area contributed by atoms with Crippen molar-refractivity contribution in [3.63, 3.8) is 0 Å². The number of amides is 3. The molecule has 0 bridgehead atoms. The molecule has 0 saturated heterocycles. The van der Waals surface area contributed by atoms with Gasteiger partial charge in [-0.3, -0.25) is 14.9 Å². The van der Waals surface area contributed by atoms with Gasteiger partial charge in [-0.15, -0.1) is 0 Å². The summed E-state index contributed by atoms with van der Waals surface area (Å²) in [6.07, 6.45) is 0.209. The summed E-state index contributed by atoms with van der Waals surface area (Å²) < 4.78 is 0. The molecule has 25 heavy (non-hydrogen) atoms. The highest BCUT2D eigenvalue weighted by atomic mass is 35.5. The van der Waals surface area contributed by atoms with Gasteiger partial charge in [-0.05, 0) is 29.8 Å². The topological polar surface area (TPSA) is 127 Å². The number of hydrogen-bond acceptors (Lipinski definition) is 4. The molecule has 8 nitrogen and oxygen atoms in total. The molecule has 0 aliphatic rings. The van der Waals surface area contributed by atoms with Crippen LogP contribution in [0.15, 0.2) is 48.5 Å². The number of nitro benzene ring substituents is 1. The Balaban J connectivity index is 1.98. The van der Waals surface area contributed by atoms with Crippen molar-refractivity contribution < 1.29 is 14.5 Å². The maximum atomic E-state index is 12.0. The van der Waals surface area contributed by atoms with E-state index in [1.54, 1.807) is 24.3 Å². The Hall–Kier alpha value is -3.13. The lowest BCUT2D eigenvalue weighted by molar-refractivity contribution is -0.384. The smallest absolute Gasteiger partial charge is 0.319 e. The number of benzene rings is 2. The molecule has 0 aliphatic heterocycles. The largest absolute Gasteiger partial charge is 0.368 e. The summed E-state index contributed by atoms with van der Waals surface area (Å²) in [6.45, 7) is 0. The third-order valence-electron chi connectivity index (χ3n) is 3.34. The molecule has 1 atom stereocenters. The van der Waals surface area contributed by atoms with Crippen molar-refractivity contribution in [2.45, 2.75) is 12.5 Å². The number of carbonyl (C=O) groups is 2. The Morgan fingerprint density at radius 1 is 1.12 bits per heavy atom. The number of non-ortho nitro benzene ring substituents is 1. The maximum Gasteiger partial charge on any atom is 0.319 e. The molecule has 0 fully saturated rings. The molecule has 2 rings (SSSR count). The molecular weight excluding hydrogens is 348 g/mol. The van der Waals surface area contributed by atoms with Crippen LogP contribution in [0, 0.1) is 10.1 Å². The molecule has 2 aromatic carbocycles. The standard InChI is InChI=1S/C16H15ClN4O4/c17-11-3-1-10(2-4-11)9-14(15(18)22)20-16(23)19-12-5-7-13(8-6-12)21(24)25/h1-8,14H,9H2,(H2,18,22)(H2,19,20,23). The van der Waals surface area contributed by atoms with Crippen molar-refractivity contribution in [2.24, 2.45) is 5.73 Å². The van der Waals surface area contributed by atoms with Crippen LogP contribution in [-0.2, 0) is 11.2 Å². The molecule has 4 N–H and O–H groups in total. The van der Waals surface area contributed by atoms with Crippen molar-refractivity contribution >= 4 is 34.9 Å². The van der Waals surface area contributed by atoms with E-state index in [1.165, 1.54) is 24.3 Å². The molecule has 2 aromatic rings. The quantitative estimate of drug-likeness (QED) is 0.538. The van der Waals surface area contributed by atoms with Crippen molar-refractivity contribution in [2.75, 3.05) is 5.32 Å². The fourth-order valence-corrected chi connectivity index (χ4v) is 2.20. The van der Waals surface area contributed by atoms with Crippen LogP contribution in [0.5, 0.6) is 0 Å². The molecule has 0 saturated carbocycles. The van der Waals surface area contributed by atoms with E-state index in [0.717, 1.165) is 5.56 Å². The maximum absolute atomic E-state index is 12.0. The molecule has 0 radical (unpaired) electrons. The normalized spacial score (nSPS) is 11.4. The second-order valence-corrected chi connectivity index (χ2v) is 5.62. The number of nitrogens with zero attached hydrogens (tertiary/aromatic N) is 1. The predicted molar refractivity (Wildman–Crippen MR) is 93.4 cm³/mol. The first kappa shape index (κ1) is 18.2. The zero-order valence-electron chi connectivity index (χ0n) is 12.9. The van der Waals surface area contributed by atoms with Crippen LogP contribution in [0.3, 0.4) is 0 Å². The number of hydrogen-bond donors (Lipinski definition) is 3. The Morgan fingerprint density at radius 3 is 2.24 bits per heavy atom. The van der Waals surface area contributed by atoms with Crippen LogP contribution >= 0.6 is 11.6 Å². The van der Waals surface area contributed by atoms with Gasteiger partial charge in [0, 0.05) is 29.3 Å². The number of rotatable bonds is 6. The highest BCUT2D eigenvalue weighted by Crippen LogP contribution is 2.15. The number of halogens is 1. The van der Waals surface area contributed by atoms with E-state index in [0.29, 0.717) is 10.7 Å². The van der Waals surface area contributed by atoms with Gasteiger partial charge < -0.3 is 16.4 Å². The van der Waals surface area contributed by atoms with E-state index >= 15 is 0 Å². The molecule has 0 aromatic heterocycles. The molecular formula is C16H15ClN4O4. The summed E-state index contributed by atoms with van der Waals surface area (Å²) in [5.41, 5.74) is 6.36. The first-order valence-corrected chi connectivity index (χ1v) is 7.58. The van der Waals surface area contributed by atoms with Crippen LogP contribution in [0.1, 0.15) is 5.56 Å². The van der Waals surface area contributed by atoms with Gasteiger partial charge in [-0.25, -0.2) is 4.79 Å². The number of nitrogens with two attached hydrogens (primary N) is 1.